The van der Waals surface area contributed by atoms with E-state index in [1.165, 1.54) is 0 Å². The number of aliphatic carboxylic acids is 1. The Hall–Kier alpha value is -4.59. The molecule has 2 N–H and O–H groups in total. The van der Waals surface area contributed by atoms with Crippen LogP contribution < -0.4 is 10.2 Å². The molecule has 2 bridgehead atoms. The van der Waals surface area contributed by atoms with Crippen molar-refractivity contribution in [2.24, 2.45) is 17.8 Å². The Balaban J connectivity index is 1.17. The van der Waals surface area contributed by atoms with Crippen molar-refractivity contribution < 1.29 is 32.6 Å². The summed E-state index contributed by atoms with van der Waals surface area (Å²) in [5.41, 5.74) is -1.25. The number of ether oxygens (including phenoxy) is 1. The topological polar surface area (TPSA) is 135 Å². The van der Waals surface area contributed by atoms with Crippen molar-refractivity contribution in [3.63, 3.8) is 0 Å². The fourth-order valence-electron chi connectivity index (χ4n) is 8.77. The number of benzene rings is 1. The van der Waals surface area contributed by atoms with E-state index in [4.69, 9.17) is 4.74 Å². The summed E-state index contributed by atoms with van der Waals surface area (Å²) in [5, 5.41) is 18.2. The number of aromatic nitrogens is 5. The van der Waals surface area contributed by atoms with Crippen LogP contribution in [0.2, 0.25) is 0 Å². The molecule has 4 aliphatic rings. The zero-order valence-corrected chi connectivity index (χ0v) is 26.2. The maximum absolute atomic E-state index is 14.7. The summed E-state index contributed by atoms with van der Waals surface area (Å²) in [5.74, 6) is -2.55. The number of hydrogen-bond donors (Lipinski definition) is 2. The summed E-state index contributed by atoms with van der Waals surface area (Å²) >= 11 is 0. The van der Waals surface area contributed by atoms with Gasteiger partial charge >= 0.3 is 12.1 Å². The molecule has 48 heavy (non-hydrogen) atoms. The van der Waals surface area contributed by atoms with Crippen molar-refractivity contribution >= 4 is 34.5 Å². The lowest BCUT2D eigenvalue weighted by Gasteiger charge is -2.34. The first-order valence-electron chi connectivity index (χ1n) is 16.3. The van der Waals surface area contributed by atoms with Crippen molar-refractivity contribution in [1.29, 1.82) is 0 Å². The molecule has 11 nitrogen and oxygen atoms in total. The second-order valence-corrected chi connectivity index (χ2v) is 13.9. The Morgan fingerprint density at radius 1 is 1.08 bits per heavy atom. The Morgan fingerprint density at radius 3 is 2.67 bits per heavy atom. The lowest BCUT2D eigenvalue weighted by Crippen LogP contribution is -2.57. The molecule has 4 unspecified atom stereocenters. The Bertz CT molecular complexity index is 1940. The number of hydrogen-bond acceptors (Lipinski definition) is 8. The predicted octanol–water partition coefficient (Wildman–Crippen LogP) is 5.44. The number of halogens is 3. The van der Waals surface area contributed by atoms with Gasteiger partial charge in [-0.15, -0.1) is 0 Å². The summed E-state index contributed by atoms with van der Waals surface area (Å²) in [6.07, 6.45) is 2.80. The third kappa shape index (κ3) is 4.82. The highest BCUT2D eigenvalue weighted by atomic mass is 19.4. The molecule has 2 aliphatic carbocycles. The van der Waals surface area contributed by atoms with Crippen LogP contribution in [0.4, 0.5) is 24.8 Å². The van der Waals surface area contributed by atoms with Gasteiger partial charge in [-0.05, 0) is 92.2 Å². The van der Waals surface area contributed by atoms with E-state index in [1.807, 2.05) is 37.3 Å². The Labute approximate surface area is 273 Å². The molecule has 0 radical (unpaired) electrons. The van der Waals surface area contributed by atoms with Crippen LogP contribution in [0.25, 0.3) is 16.7 Å². The zero-order valence-electron chi connectivity index (χ0n) is 26.2. The molecule has 14 heteroatoms. The maximum Gasteiger partial charge on any atom is 0.434 e. The molecule has 2 aliphatic heterocycles. The van der Waals surface area contributed by atoms with Gasteiger partial charge in [-0.1, -0.05) is 6.92 Å². The van der Waals surface area contributed by atoms with Crippen LogP contribution in [0.5, 0.6) is 0 Å². The highest BCUT2D eigenvalue weighted by Crippen LogP contribution is 2.52. The van der Waals surface area contributed by atoms with Gasteiger partial charge in [-0.25, -0.2) is 24.4 Å². The van der Waals surface area contributed by atoms with Gasteiger partial charge in [-0.2, -0.15) is 18.3 Å². The standard InChI is InChI=1S/C34H34F3N7O4/c1-19-11-20-13-22(12-19)33(15-20,30(46)47)42-29(45)24-17-39-31(41-27(24)34(35,36)37)43-18-32(6-9-48-10-7-32)25-14-23(4-5-26(25)43)44-28-21(16-40-44)3-2-8-38-28/h2-5,8,14,16-17,19-20,22H,6-7,9-13,15,18H2,1H3,(H,42,45)(H,46,47). The van der Waals surface area contributed by atoms with Gasteiger partial charge in [0.05, 0.1) is 17.4 Å². The third-order valence-electron chi connectivity index (χ3n) is 10.9. The average molecular weight is 662 g/mol. The fourth-order valence-corrected chi connectivity index (χ4v) is 8.77. The molecule has 3 aromatic heterocycles. The number of carbonyl (C=O) groups excluding carboxylic acids is 1. The van der Waals surface area contributed by atoms with Crippen LogP contribution in [0.3, 0.4) is 0 Å². The van der Waals surface area contributed by atoms with Crippen molar-refractivity contribution in [1.82, 2.24) is 30.0 Å². The average Bonchev–Trinajstić information content (AvgIpc) is 3.71. The number of rotatable bonds is 5. The number of amides is 1. The molecule has 1 saturated heterocycles. The predicted molar refractivity (Wildman–Crippen MR) is 167 cm³/mol. The van der Waals surface area contributed by atoms with Gasteiger partial charge < -0.3 is 20.1 Å². The van der Waals surface area contributed by atoms with E-state index < -0.39 is 40.3 Å². The maximum atomic E-state index is 14.7. The summed E-state index contributed by atoms with van der Waals surface area (Å²) in [6, 6.07) is 9.42. The first-order chi connectivity index (χ1) is 23.0. The van der Waals surface area contributed by atoms with Gasteiger partial charge in [0.2, 0.25) is 5.95 Å². The number of pyridine rings is 1. The van der Waals surface area contributed by atoms with E-state index in [1.54, 1.807) is 22.0 Å². The number of fused-ring (bicyclic) bond motifs is 5. The van der Waals surface area contributed by atoms with Gasteiger partial charge in [0.25, 0.3) is 5.91 Å². The lowest BCUT2D eigenvalue weighted by atomic mass is 9.76. The molecule has 250 valence electrons. The number of carboxylic acids is 1. The lowest BCUT2D eigenvalue weighted by molar-refractivity contribution is -0.146. The molecule has 8 rings (SSSR count). The number of carbonyl (C=O) groups is 2. The van der Waals surface area contributed by atoms with E-state index >= 15 is 0 Å². The van der Waals surface area contributed by atoms with E-state index in [0.717, 1.165) is 29.3 Å². The first kappa shape index (κ1) is 30.7. The Kier molecular flexibility index (Phi) is 7.02. The first-order valence-corrected chi connectivity index (χ1v) is 16.3. The van der Waals surface area contributed by atoms with Gasteiger partial charge in [0.15, 0.2) is 11.3 Å². The monoisotopic (exact) mass is 661 g/mol. The third-order valence-corrected chi connectivity index (χ3v) is 10.9. The van der Waals surface area contributed by atoms with Crippen molar-refractivity contribution in [2.75, 3.05) is 24.7 Å². The van der Waals surface area contributed by atoms with Crippen LogP contribution in [0, 0.1) is 17.8 Å². The zero-order chi connectivity index (χ0) is 33.4. The Morgan fingerprint density at radius 2 is 1.90 bits per heavy atom. The smallest absolute Gasteiger partial charge is 0.434 e. The summed E-state index contributed by atoms with van der Waals surface area (Å²) < 4.78 is 51.4. The van der Waals surface area contributed by atoms with Gasteiger partial charge in [0.1, 0.15) is 5.54 Å². The summed E-state index contributed by atoms with van der Waals surface area (Å²) in [7, 11) is 0. The van der Waals surface area contributed by atoms with Crippen LogP contribution in [-0.2, 0) is 21.1 Å². The second-order valence-electron chi connectivity index (χ2n) is 13.9. The highest BCUT2D eigenvalue weighted by molar-refractivity contribution is 5.99. The number of anilines is 2. The van der Waals surface area contributed by atoms with Gasteiger partial charge in [-0.3, -0.25) is 4.79 Å². The molecule has 4 aromatic rings. The van der Waals surface area contributed by atoms with E-state index in [9.17, 15) is 27.9 Å². The minimum atomic E-state index is -5.00. The van der Waals surface area contributed by atoms with Crippen molar-refractivity contribution in [3.05, 3.63) is 65.7 Å². The minimum Gasteiger partial charge on any atom is -0.479 e. The largest absolute Gasteiger partial charge is 0.479 e. The van der Waals surface area contributed by atoms with E-state index in [0.29, 0.717) is 56.8 Å². The van der Waals surface area contributed by atoms with Crippen LogP contribution in [-0.4, -0.2) is 67.0 Å². The van der Waals surface area contributed by atoms with Crippen molar-refractivity contribution in [2.45, 2.75) is 62.6 Å². The SMILES string of the molecule is CC1CC2CC(C1)C(NC(=O)c1cnc(N3CC4(CCOCC4)c4cc(-n5ncc6cccnc65)ccc43)nc1C(F)(F)F)(C(=O)O)C2. The molecule has 3 fully saturated rings. The molecule has 1 aromatic carbocycles. The second kappa shape index (κ2) is 11.0. The molecule has 4 atom stereocenters. The van der Waals surface area contributed by atoms with E-state index in [-0.39, 0.29) is 30.1 Å². The molecule has 2 saturated carbocycles. The molecule has 5 heterocycles. The molecular weight excluding hydrogens is 627 g/mol. The van der Waals surface area contributed by atoms with Gasteiger partial charge in [0, 0.05) is 48.6 Å². The normalized spacial score (nSPS) is 26.2. The van der Waals surface area contributed by atoms with E-state index in [2.05, 4.69) is 25.4 Å². The highest BCUT2D eigenvalue weighted by Gasteiger charge is 2.57. The van der Waals surface area contributed by atoms with Crippen LogP contribution in [0.1, 0.15) is 67.1 Å². The molecular formula is C34H34F3N7O4. The number of nitrogens with zero attached hydrogens (tertiary/aromatic N) is 6. The molecule has 1 spiro atoms. The summed E-state index contributed by atoms with van der Waals surface area (Å²) in [4.78, 5) is 40.6. The molecule has 1 amide bonds. The fraction of sp³-hybridized carbons (Fsp3) is 0.471. The van der Waals surface area contributed by atoms with Crippen LogP contribution >= 0.6 is 0 Å². The van der Waals surface area contributed by atoms with Crippen molar-refractivity contribution in [3.8, 4) is 5.69 Å². The quantitative estimate of drug-likeness (QED) is 0.287. The minimum absolute atomic E-state index is 0.0902. The number of nitrogens with one attached hydrogen (secondary N) is 1. The summed E-state index contributed by atoms with van der Waals surface area (Å²) in [6.45, 7) is 3.33. The number of carboxylic acid groups (broad SMARTS) is 1. The van der Waals surface area contributed by atoms with Crippen LogP contribution in [0.15, 0.2) is 48.9 Å². The number of alkyl halides is 3.